The number of allylic oxidation sites excluding steroid dienone is 20. The first-order chi connectivity index (χ1) is 39.0. The van der Waals surface area contributed by atoms with Crippen molar-refractivity contribution in [1.82, 2.24) is 0 Å². The van der Waals surface area contributed by atoms with Crippen LogP contribution in [-0.2, 0) is 28.6 Å². The molecule has 0 fully saturated rings. The van der Waals surface area contributed by atoms with Gasteiger partial charge in [0.25, 0.3) is 0 Å². The Hall–Kier alpha value is -4.19. The van der Waals surface area contributed by atoms with Gasteiger partial charge in [-0.1, -0.05) is 277 Å². The monoisotopic (exact) mass is 1090 g/mol. The van der Waals surface area contributed by atoms with Gasteiger partial charge in [0.05, 0.1) is 0 Å². The van der Waals surface area contributed by atoms with Crippen molar-refractivity contribution in [3.8, 4) is 0 Å². The van der Waals surface area contributed by atoms with Crippen LogP contribution >= 0.6 is 0 Å². The van der Waals surface area contributed by atoms with E-state index in [-0.39, 0.29) is 37.5 Å². The van der Waals surface area contributed by atoms with Gasteiger partial charge >= 0.3 is 17.9 Å². The van der Waals surface area contributed by atoms with E-state index >= 15 is 0 Å². The molecule has 0 heterocycles. The molecule has 79 heavy (non-hydrogen) atoms. The van der Waals surface area contributed by atoms with Gasteiger partial charge in [-0.2, -0.15) is 0 Å². The summed E-state index contributed by atoms with van der Waals surface area (Å²) in [5.74, 6) is -0.926. The Labute approximate surface area is 488 Å². The lowest BCUT2D eigenvalue weighted by atomic mass is 10.0. The lowest BCUT2D eigenvalue weighted by Crippen LogP contribution is -2.30. The van der Waals surface area contributed by atoms with Crippen LogP contribution in [0, 0.1) is 0 Å². The van der Waals surface area contributed by atoms with Crippen LogP contribution in [-0.4, -0.2) is 37.2 Å². The molecule has 1 unspecified atom stereocenters. The smallest absolute Gasteiger partial charge is 0.306 e. The lowest BCUT2D eigenvalue weighted by molar-refractivity contribution is -0.167. The SMILES string of the molecule is CC/C=C\C/C=C\C/C=C\C/C=C\C/C=C\CCCCCC(=O)OC(COC(=O)CCCCCCCCC/C=C\CCCCCCCC)COC(=O)CCCCCCCCCCCCCC/C=C\C/C=C\C/C=C\C/C=C\CC. The molecule has 0 spiro atoms. The van der Waals surface area contributed by atoms with Gasteiger partial charge in [-0.3, -0.25) is 14.4 Å². The molecule has 0 N–H and O–H groups in total. The Morgan fingerprint density at radius 3 is 0.797 bits per heavy atom. The highest BCUT2D eigenvalue weighted by Crippen LogP contribution is 2.16. The van der Waals surface area contributed by atoms with E-state index in [0.29, 0.717) is 12.8 Å². The molecule has 0 aliphatic heterocycles. The minimum absolute atomic E-state index is 0.0951. The molecule has 0 aliphatic rings. The van der Waals surface area contributed by atoms with Crippen molar-refractivity contribution in [3.05, 3.63) is 122 Å². The Kier molecular flexibility index (Phi) is 62.8. The van der Waals surface area contributed by atoms with E-state index in [1.165, 1.54) is 141 Å². The van der Waals surface area contributed by atoms with E-state index in [4.69, 9.17) is 14.2 Å². The molecule has 450 valence electrons. The largest absolute Gasteiger partial charge is 0.462 e. The van der Waals surface area contributed by atoms with E-state index in [1.807, 2.05) is 0 Å². The molecule has 0 saturated carbocycles. The van der Waals surface area contributed by atoms with E-state index in [9.17, 15) is 14.4 Å². The van der Waals surface area contributed by atoms with Gasteiger partial charge in [0.2, 0.25) is 0 Å². The molecular weight excluding hydrogens is 973 g/mol. The highest BCUT2D eigenvalue weighted by Gasteiger charge is 2.19. The number of ether oxygens (including phenoxy) is 3. The quantitative estimate of drug-likeness (QED) is 0.0261. The van der Waals surface area contributed by atoms with Crippen molar-refractivity contribution < 1.29 is 28.6 Å². The predicted octanol–water partition coefficient (Wildman–Crippen LogP) is 22.8. The minimum atomic E-state index is -0.803. The van der Waals surface area contributed by atoms with E-state index in [2.05, 4.69) is 142 Å². The summed E-state index contributed by atoms with van der Waals surface area (Å²) in [5.41, 5.74) is 0. The van der Waals surface area contributed by atoms with Crippen LogP contribution in [0.3, 0.4) is 0 Å². The van der Waals surface area contributed by atoms with Crippen molar-refractivity contribution >= 4 is 17.9 Å². The molecule has 0 aromatic heterocycles. The van der Waals surface area contributed by atoms with Crippen LogP contribution in [0.1, 0.15) is 303 Å². The molecule has 0 rings (SSSR count). The van der Waals surface area contributed by atoms with Gasteiger partial charge in [-0.25, -0.2) is 0 Å². The molecule has 0 radical (unpaired) electrons. The fourth-order valence-corrected chi connectivity index (χ4v) is 9.04. The van der Waals surface area contributed by atoms with Gasteiger partial charge in [-0.05, 0) is 128 Å². The zero-order chi connectivity index (χ0) is 57.1. The molecule has 6 nitrogen and oxygen atoms in total. The molecule has 0 saturated heterocycles. The summed E-state index contributed by atoms with van der Waals surface area (Å²) in [6, 6.07) is 0. The molecule has 0 aromatic carbocycles. The summed E-state index contributed by atoms with van der Waals surface area (Å²) in [4.78, 5) is 38.4. The Morgan fingerprint density at radius 2 is 0.494 bits per heavy atom. The van der Waals surface area contributed by atoms with E-state index in [1.54, 1.807) is 0 Å². The molecule has 0 aliphatic carbocycles. The first-order valence-corrected chi connectivity index (χ1v) is 33.0. The van der Waals surface area contributed by atoms with Gasteiger partial charge in [0, 0.05) is 19.3 Å². The van der Waals surface area contributed by atoms with Gasteiger partial charge in [-0.15, -0.1) is 0 Å². The third-order valence-electron chi connectivity index (χ3n) is 13.9. The van der Waals surface area contributed by atoms with Gasteiger partial charge in [0.15, 0.2) is 6.10 Å². The number of rotatable bonds is 59. The number of hydrogen-bond donors (Lipinski definition) is 0. The number of carbonyl (C=O) groups excluding carboxylic acids is 3. The molecule has 1 atom stereocenters. The van der Waals surface area contributed by atoms with E-state index in [0.717, 1.165) is 122 Å². The fraction of sp³-hybridized carbons (Fsp3) is 0.685. The van der Waals surface area contributed by atoms with Crippen LogP contribution in [0.25, 0.3) is 0 Å². The predicted molar refractivity (Wildman–Crippen MR) is 343 cm³/mol. The third-order valence-corrected chi connectivity index (χ3v) is 13.9. The summed E-state index contributed by atoms with van der Waals surface area (Å²) < 4.78 is 16.9. The van der Waals surface area contributed by atoms with E-state index < -0.39 is 6.10 Å². The second-order valence-electron chi connectivity index (χ2n) is 21.6. The van der Waals surface area contributed by atoms with Crippen LogP contribution < -0.4 is 0 Å². The summed E-state index contributed by atoms with van der Waals surface area (Å²) in [5, 5.41) is 0. The number of carbonyl (C=O) groups is 3. The topological polar surface area (TPSA) is 78.9 Å². The van der Waals surface area contributed by atoms with Crippen LogP contribution in [0.4, 0.5) is 0 Å². The van der Waals surface area contributed by atoms with Crippen LogP contribution in [0.5, 0.6) is 0 Å². The maximum absolute atomic E-state index is 12.9. The zero-order valence-corrected chi connectivity index (χ0v) is 51.6. The molecule has 6 heteroatoms. The standard InChI is InChI=1S/C73H122O6/c1-4-7-10-13-16-19-22-25-28-31-33-34-35-36-37-38-40-42-45-48-51-54-57-60-63-66-72(75)78-69-70(68-77-71(74)65-62-59-56-53-50-47-44-41-30-27-24-21-18-15-12-9-6-3)79-73(76)67-64-61-58-55-52-49-46-43-39-32-29-26-23-20-17-14-11-8-5-2/h7-8,10-11,16-17,19-20,25-30,33-34,39,43,49,52,70H,4-6,9,12-15,18,21-24,31-32,35-38,40-42,44-48,50-51,53-69H2,1-3H3/b10-7-,11-8-,19-16-,20-17-,28-25-,29-26-,30-27-,34-33-,43-39-,52-49-. The first kappa shape index (κ1) is 74.8. The second kappa shape index (κ2) is 66.3. The molecule has 0 bridgehead atoms. The zero-order valence-electron chi connectivity index (χ0n) is 51.6. The minimum Gasteiger partial charge on any atom is -0.462 e. The summed E-state index contributed by atoms with van der Waals surface area (Å²) in [7, 11) is 0. The highest BCUT2D eigenvalue weighted by atomic mass is 16.6. The van der Waals surface area contributed by atoms with Crippen molar-refractivity contribution in [2.75, 3.05) is 13.2 Å². The number of unbranched alkanes of at least 4 members (excludes halogenated alkanes) is 28. The summed E-state index contributed by atoms with van der Waals surface area (Å²) in [6.07, 6.45) is 92.0. The maximum Gasteiger partial charge on any atom is 0.306 e. The maximum atomic E-state index is 12.9. The fourth-order valence-electron chi connectivity index (χ4n) is 9.04. The van der Waals surface area contributed by atoms with Gasteiger partial charge < -0.3 is 14.2 Å². The van der Waals surface area contributed by atoms with Crippen LogP contribution in [0.2, 0.25) is 0 Å². The van der Waals surface area contributed by atoms with Crippen LogP contribution in [0.15, 0.2) is 122 Å². The average molecular weight is 1100 g/mol. The molecular formula is C73H122O6. The summed E-state index contributed by atoms with van der Waals surface area (Å²) >= 11 is 0. The van der Waals surface area contributed by atoms with Crippen molar-refractivity contribution in [3.63, 3.8) is 0 Å². The lowest BCUT2D eigenvalue weighted by Gasteiger charge is -2.18. The highest BCUT2D eigenvalue weighted by molar-refractivity contribution is 5.71. The Morgan fingerprint density at radius 1 is 0.266 bits per heavy atom. The molecule has 0 aromatic rings. The van der Waals surface area contributed by atoms with Crippen molar-refractivity contribution in [1.29, 1.82) is 0 Å². The Balaban J connectivity index is 4.41. The molecule has 0 amide bonds. The normalized spacial score (nSPS) is 12.9. The second-order valence-corrected chi connectivity index (χ2v) is 21.6. The average Bonchev–Trinajstić information content (AvgIpc) is 3.45. The number of esters is 3. The summed E-state index contributed by atoms with van der Waals surface area (Å²) in [6.45, 7) is 6.40. The van der Waals surface area contributed by atoms with Crippen molar-refractivity contribution in [2.24, 2.45) is 0 Å². The Bertz CT molecular complexity index is 1640. The van der Waals surface area contributed by atoms with Gasteiger partial charge in [0.1, 0.15) is 13.2 Å². The first-order valence-electron chi connectivity index (χ1n) is 33.0. The third kappa shape index (κ3) is 64.5. The number of hydrogen-bond acceptors (Lipinski definition) is 6. The van der Waals surface area contributed by atoms with Crippen molar-refractivity contribution in [2.45, 2.75) is 309 Å².